The highest BCUT2D eigenvalue weighted by molar-refractivity contribution is 7.14. The van der Waals surface area contributed by atoms with E-state index in [0.29, 0.717) is 12.3 Å². The van der Waals surface area contributed by atoms with E-state index in [4.69, 9.17) is 4.74 Å². The molecule has 2 rings (SSSR count). The van der Waals surface area contributed by atoms with Crippen molar-refractivity contribution in [3.05, 3.63) is 40.9 Å². The molecule has 0 unspecified atom stereocenters. The Bertz CT molecular complexity index is 660. The Morgan fingerprint density at radius 3 is 3.00 bits per heavy atom. The second-order valence-corrected chi connectivity index (χ2v) is 4.78. The average molecular weight is 309 g/mol. The number of amides is 1. The summed E-state index contributed by atoms with van der Waals surface area (Å²) in [4.78, 5) is 30.6. The van der Waals surface area contributed by atoms with E-state index in [1.165, 1.54) is 18.3 Å². The van der Waals surface area contributed by atoms with Crippen LogP contribution in [0.1, 0.15) is 23.0 Å². The largest absolute Gasteiger partial charge is 0.466 e. The summed E-state index contributed by atoms with van der Waals surface area (Å²) in [5.41, 5.74) is 0.319. The van der Waals surface area contributed by atoms with Gasteiger partial charge in [-0.15, -0.1) is 11.3 Å². The maximum absolute atomic E-state index is 13.4. The van der Waals surface area contributed by atoms with Crippen LogP contribution in [0.15, 0.2) is 23.7 Å². The van der Waals surface area contributed by atoms with E-state index in [0.717, 1.165) is 11.3 Å². The van der Waals surface area contributed by atoms with Gasteiger partial charge < -0.3 is 4.74 Å². The minimum Gasteiger partial charge on any atom is -0.466 e. The summed E-state index contributed by atoms with van der Waals surface area (Å²) in [6, 6.07) is 2.79. The lowest BCUT2D eigenvalue weighted by Crippen LogP contribution is -2.14. The Hall–Kier alpha value is -2.35. The van der Waals surface area contributed by atoms with Crippen LogP contribution in [0.5, 0.6) is 0 Å². The van der Waals surface area contributed by atoms with E-state index in [1.807, 2.05) is 0 Å². The Kier molecular flexibility index (Phi) is 4.94. The van der Waals surface area contributed by atoms with Gasteiger partial charge in [0.15, 0.2) is 5.13 Å². The molecule has 1 amide bonds. The van der Waals surface area contributed by atoms with Gasteiger partial charge in [-0.3, -0.25) is 14.9 Å². The summed E-state index contributed by atoms with van der Waals surface area (Å²) < 4.78 is 18.2. The van der Waals surface area contributed by atoms with E-state index in [1.54, 1.807) is 12.3 Å². The minimum atomic E-state index is -0.849. The molecule has 0 spiro atoms. The summed E-state index contributed by atoms with van der Waals surface area (Å²) in [5.74, 6) is -1.88. The van der Waals surface area contributed by atoms with Gasteiger partial charge in [-0.05, 0) is 19.1 Å². The third-order valence-corrected chi connectivity index (χ3v) is 3.21. The van der Waals surface area contributed by atoms with Crippen LogP contribution >= 0.6 is 11.3 Å². The van der Waals surface area contributed by atoms with Gasteiger partial charge in [-0.2, -0.15) is 4.39 Å². The molecule has 2 aromatic heterocycles. The number of aromatic nitrogens is 2. The van der Waals surface area contributed by atoms with Crippen LogP contribution in [0.4, 0.5) is 9.52 Å². The van der Waals surface area contributed by atoms with E-state index < -0.39 is 11.9 Å². The topological polar surface area (TPSA) is 81.2 Å². The molecule has 0 aliphatic rings. The van der Waals surface area contributed by atoms with Crippen molar-refractivity contribution in [2.75, 3.05) is 11.9 Å². The monoisotopic (exact) mass is 309 g/mol. The van der Waals surface area contributed by atoms with Crippen LogP contribution in [-0.2, 0) is 16.0 Å². The second kappa shape index (κ2) is 6.89. The third kappa shape index (κ3) is 4.06. The molecule has 0 atom stereocenters. The number of ether oxygens (including phenoxy) is 1. The molecule has 0 aromatic carbocycles. The first-order valence-electron chi connectivity index (χ1n) is 6.12. The van der Waals surface area contributed by atoms with E-state index in [-0.39, 0.29) is 23.1 Å². The first-order valence-corrected chi connectivity index (χ1v) is 7.00. The molecule has 0 fully saturated rings. The number of rotatable bonds is 5. The van der Waals surface area contributed by atoms with Gasteiger partial charge in [0.1, 0.15) is 0 Å². The zero-order chi connectivity index (χ0) is 15.2. The number of nitrogens with zero attached hydrogens (tertiary/aromatic N) is 2. The van der Waals surface area contributed by atoms with E-state index in [2.05, 4.69) is 15.3 Å². The Morgan fingerprint density at radius 2 is 2.29 bits per heavy atom. The SMILES string of the molecule is CCOC(=O)Cc1csc(NC(=O)c2cccnc2F)n1. The van der Waals surface area contributed by atoms with Crippen LogP contribution in [0, 0.1) is 5.95 Å². The summed E-state index contributed by atoms with van der Waals surface area (Å²) >= 11 is 1.14. The number of nitrogens with one attached hydrogen (secondary N) is 1. The van der Waals surface area contributed by atoms with Crippen molar-refractivity contribution in [1.82, 2.24) is 9.97 Å². The summed E-state index contributed by atoms with van der Waals surface area (Å²) in [6.45, 7) is 2.01. The van der Waals surface area contributed by atoms with Gasteiger partial charge in [-0.1, -0.05) is 0 Å². The predicted octanol–water partition coefficient (Wildman–Crippen LogP) is 2.04. The van der Waals surface area contributed by atoms with E-state index >= 15 is 0 Å². The van der Waals surface area contributed by atoms with Crippen molar-refractivity contribution in [3.8, 4) is 0 Å². The molecule has 0 saturated heterocycles. The molecular weight excluding hydrogens is 297 g/mol. The quantitative estimate of drug-likeness (QED) is 0.675. The zero-order valence-electron chi connectivity index (χ0n) is 11.1. The second-order valence-electron chi connectivity index (χ2n) is 3.92. The maximum atomic E-state index is 13.4. The first kappa shape index (κ1) is 15.0. The fraction of sp³-hybridized carbons (Fsp3) is 0.231. The lowest BCUT2D eigenvalue weighted by atomic mass is 10.2. The highest BCUT2D eigenvalue weighted by Gasteiger charge is 2.14. The van der Waals surface area contributed by atoms with Crippen molar-refractivity contribution in [2.45, 2.75) is 13.3 Å². The predicted molar refractivity (Wildman–Crippen MR) is 74.6 cm³/mol. The number of hydrogen-bond donors (Lipinski definition) is 1. The van der Waals surface area contributed by atoms with Crippen LogP contribution in [0.3, 0.4) is 0 Å². The van der Waals surface area contributed by atoms with Crippen LogP contribution in [-0.4, -0.2) is 28.5 Å². The van der Waals surface area contributed by atoms with Crippen LogP contribution < -0.4 is 5.32 Å². The fourth-order valence-electron chi connectivity index (χ4n) is 1.53. The number of pyridine rings is 1. The molecule has 110 valence electrons. The lowest BCUT2D eigenvalue weighted by Gasteiger charge is -2.01. The summed E-state index contributed by atoms with van der Waals surface area (Å²) in [7, 11) is 0. The van der Waals surface area contributed by atoms with Gasteiger partial charge in [0.05, 0.1) is 24.3 Å². The molecule has 0 aliphatic heterocycles. The number of anilines is 1. The number of thiazole rings is 1. The highest BCUT2D eigenvalue weighted by atomic mass is 32.1. The number of hydrogen-bond acceptors (Lipinski definition) is 6. The molecule has 0 radical (unpaired) electrons. The van der Waals surface area contributed by atoms with Crippen molar-refractivity contribution in [2.24, 2.45) is 0 Å². The van der Waals surface area contributed by atoms with Crippen LogP contribution in [0.2, 0.25) is 0 Å². The third-order valence-electron chi connectivity index (χ3n) is 2.41. The molecular formula is C13H12FN3O3S. The van der Waals surface area contributed by atoms with Gasteiger partial charge >= 0.3 is 5.97 Å². The lowest BCUT2D eigenvalue weighted by molar-refractivity contribution is -0.142. The van der Waals surface area contributed by atoms with Crippen molar-refractivity contribution >= 4 is 28.3 Å². The summed E-state index contributed by atoms with van der Waals surface area (Å²) in [6.07, 6.45) is 1.29. The van der Waals surface area contributed by atoms with E-state index in [9.17, 15) is 14.0 Å². The molecule has 8 heteroatoms. The van der Waals surface area contributed by atoms with Crippen molar-refractivity contribution in [3.63, 3.8) is 0 Å². The number of halogens is 1. The van der Waals surface area contributed by atoms with Gasteiger partial charge in [0.2, 0.25) is 5.95 Å². The molecule has 0 bridgehead atoms. The fourth-order valence-corrected chi connectivity index (χ4v) is 2.23. The Labute approximate surface area is 124 Å². The minimum absolute atomic E-state index is 0.0292. The normalized spacial score (nSPS) is 10.2. The molecule has 2 aromatic rings. The van der Waals surface area contributed by atoms with Crippen molar-refractivity contribution < 1.29 is 18.7 Å². The zero-order valence-corrected chi connectivity index (χ0v) is 11.9. The van der Waals surface area contributed by atoms with Crippen LogP contribution in [0.25, 0.3) is 0 Å². The Balaban J connectivity index is 2.01. The molecule has 0 saturated carbocycles. The number of carbonyl (C=O) groups is 2. The van der Waals surface area contributed by atoms with Gasteiger partial charge in [0.25, 0.3) is 5.91 Å². The molecule has 0 aliphatic carbocycles. The average Bonchev–Trinajstić information content (AvgIpc) is 2.86. The molecule has 2 heterocycles. The number of carbonyl (C=O) groups excluding carboxylic acids is 2. The number of esters is 1. The Morgan fingerprint density at radius 1 is 1.48 bits per heavy atom. The van der Waals surface area contributed by atoms with Crippen molar-refractivity contribution in [1.29, 1.82) is 0 Å². The maximum Gasteiger partial charge on any atom is 0.311 e. The molecule has 6 nitrogen and oxygen atoms in total. The van der Waals surface area contributed by atoms with Gasteiger partial charge in [0, 0.05) is 11.6 Å². The highest BCUT2D eigenvalue weighted by Crippen LogP contribution is 2.17. The molecule has 21 heavy (non-hydrogen) atoms. The summed E-state index contributed by atoms with van der Waals surface area (Å²) in [5, 5.41) is 4.37. The standard InChI is InChI=1S/C13H12FN3O3S/c1-2-20-10(18)6-8-7-21-13(16-8)17-12(19)9-4-3-5-15-11(9)14/h3-5,7H,2,6H2,1H3,(H,16,17,19). The molecule has 1 N–H and O–H groups in total. The first-order chi connectivity index (χ1) is 10.1. The smallest absolute Gasteiger partial charge is 0.311 e. The van der Waals surface area contributed by atoms with Gasteiger partial charge in [-0.25, -0.2) is 9.97 Å².